The monoisotopic (exact) mass is 367 g/mol. The number of carbonyl (C=O) groups is 1. The van der Waals surface area contributed by atoms with Crippen LogP contribution in [0.3, 0.4) is 0 Å². The lowest BCUT2D eigenvalue weighted by Crippen LogP contribution is -2.22. The van der Waals surface area contributed by atoms with Crippen LogP contribution in [0.25, 0.3) is 11.3 Å². The van der Waals surface area contributed by atoms with Crippen LogP contribution in [-0.4, -0.2) is 28.8 Å². The Labute approximate surface area is 153 Å². The molecule has 3 rings (SSSR count). The number of benzene rings is 1. The smallest absolute Gasteiger partial charge is 0.338 e. The van der Waals surface area contributed by atoms with Gasteiger partial charge >= 0.3 is 11.7 Å². The third kappa shape index (κ3) is 4.12. The number of hydrogen-bond acceptors (Lipinski definition) is 6. The molecule has 0 bridgehead atoms. The molecule has 0 atom stereocenters. The highest BCUT2D eigenvalue weighted by Gasteiger charge is 2.09. The van der Waals surface area contributed by atoms with Crippen LogP contribution in [0, 0.1) is 6.92 Å². The topological polar surface area (TPSA) is 118 Å². The molecule has 138 valence electrons. The van der Waals surface area contributed by atoms with Crippen molar-refractivity contribution in [3.8, 4) is 11.3 Å². The van der Waals surface area contributed by atoms with Crippen LogP contribution in [0.5, 0.6) is 0 Å². The van der Waals surface area contributed by atoms with Crippen molar-refractivity contribution in [2.24, 2.45) is 4.99 Å². The van der Waals surface area contributed by atoms with Crippen LogP contribution in [0.1, 0.15) is 28.7 Å². The maximum Gasteiger partial charge on any atom is 0.338 e. The van der Waals surface area contributed by atoms with Gasteiger partial charge in [-0.3, -0.25) is 9.78 Å². The van der Waals surface area contributed by atoms with Gasteiger partial charge in [-0.2, -0.15) is 0 Å². The molecule has 1 aromatic carbocycles. The molecule has 0 radical (unpaired) electrons. The first-order valence-electron chi connectivity index (χ1n) is 8.22. The average molecular weight is 367 g/mol. The van der Waals surface area contributed by atoms with Gasteiger partial charge in [0.1, 0.15) is 17.2 Å². The highest BCUT2D eigenvalue weighted by molar-refractivity contribution is 5.90. The minimum atomic E-state index is -0.581. The summed E-state index contributed by atoms with van der Waals surface area (Å²) >= 11 is 0. The van der Waals surface area contributed by atoms with Crippen LogP contribution >= 0.6 is 0 Å². The fourth-order valence-electron chi connectivity index (χ4n) is 2.44. The minimum Gasteiger partial charge on any atom is -0.462 e. The molecule has 2 heterocycles. The fraction of sp³-hybridized carbons (Fsp3) is 0.158. The minimum absolute atomic E-state index is 0.103. The zero-order valence-electron chi connectivity index (χ0n) is 14.7. The highest BCUT2D eigenvalue weighted by Crippen LogP contribution is 2.22. The normalized spacial score (nSPS) is 11.0. The van der Waals surface area contributed by atoms with Gasteiger partial charge in [0.15, 0.2) is 0 Å². The summed E-state index contributed by atoms with van der Waals surface area (Å²) in [4.78, 5) is 43.3. The quantitative estimate of drug-likeness (QED) is 0.531. The van der Waals surface area contributed by atoms with E-state index < -0.39 is 11.2 Å². The number of ether oxygens (including phenoxy) is 1. The Morgan fingerprint density at radius 2 is 1.89 bits per heavy atom. The van der Waals surface area contributed by atoms with Gasteiger partial charge < -0.3 is 14.1 Å². The fourth-order valence-corrected chi connectivity index (χ4v) is 2.44. The Hall–Kier alpha value is -3.68. The molecule has 0 aliphatic carbocycles. The van der Waals surface area contributed by atoms with E-state index in [2.05, 4.69) is 15.0 Å². The van der Waals surface area contributed by atoms with E-state index in [0.717, 1.165) is 5.56 Å². The number of esters is 1. The molecule has 0 aliphatic heterocycles. The Morgan fingerprint density at radius 1 is 1.15 bits per heavy atom. The molecule has 0 amide bonds. The van der Waals surface area contributed by atoms with Crippen molar-refractivity contribution in [1.29, 1.82) is 0 Å². The Balaban J connectivity index is 1.80. The van der Waals surface area contributed by atoms with Crippen LogP contribution in [-0.2, 0) is 4.74 Å². The van der Waals surface area contributed by atoms with Crippen LogP contribution in [0.15, 0.2) is 55.4 Å². The number of furan rings is 1. The molecule has 2 aromatic heterocycles. The highest BCUT2D eigenvalue weighted by atomic mass is 16.5. The lowest BCUT2D eigenvalue weighted by atomic mass is 10.1. The Kier molecular flexibility index (Phi) is 5.16. The second-order valence-corrected chi connectivity index (χ2v) is 5.64. The first-order chi connectivity index (χ1) is 13.0. The molecule has 8 nitrogen and oxygen atoms in total. The predicted octanol–water partition coefficient (Wildman–Crippen LogP) is 2.56. The van der Waals surface area contributed by atoms with Crippen molar-refractivity contribution in [3.63, 3.8) is 0 Å². The van der Waals surface area contributed by atoms with E-state index in [1.807, 2.05) is 0 Å². The number of nitrogens with one attached hydrogen (secondary N) is 2. The lowest BCUT2D eigenvalue weighted by molar-refractivity contribution is 0.0526. The number of hydrogen-bond donors (Lipinski definition) is 2. The van der Waals surface area contributed by atoms with Crippen molar-refractivity contribution in [2.45, 2.75) is 13.8 Å². The van der Waals surface area contributed by atoms with Gasteiger partial charge in [0, 0.05) is 11.3 Å². The Bertz CT molecular complexity index is 1100. The van der Waals surface area contributed by atoms with E-state index in [9.17, 15) is 14.4 Å². The largest absolute Gasteiger partial charge is 0.462 e. The number of carbonyl (C=O) groups excluding carboxylic acids is 1. The number of rotatable bonds is 5. The predicted molar refractivity (Wildman–Crippen MR) is 99.8 cm³/mol. The SMILES string of the molecule is CCOC(=O)c1ccc(-c2ccc(C=Nc3c(C)[nH]c(=O)[nH]c3=O)o2)cc1. The summed E-state index contributed by atoms with van der Waals surface area (Å²) in [5.74, 6) is 0.640. The molecule has 8 heteroatoms. The molecule has 0 saturated heterocycles. The number of aliphatic imine (C=N–C) groups is 1. The first kappa shape index (κ1) is 18.1. The van der Waals surface area contributed by atoms with Crippen molar-refractivity contribution in [3.05, 3.63) is 74.3 Å². The Morgan fingerprint density at radius 3 is 2.56 bits per heavy atom. The van der Waals surface area contributed by atoms with E-state index in [0.29, 0.717) is 29.4 Å². The van der Waals surface area contributed by atoms with E-state index in [-0.39, 0.29) is 11.7 Å². The second-order valence-electron chi connectivity index (χ2n) is 5.64. The van der Waals surface area contributed by atoms with Gasteiger partial charge in [-0.05, 0) is 38.1 Å². The summed E-state index contributed by atoms with van der Waals surface area (Å²) in [5, 5.41) is 0. The van der Waals surface area contributed by atoms with Crippen molar-refractivity contribution in [2.75, 3.05) is 6.61 Å². The first-order valence-corrected chi connectivity index (χ1v) is 8.22. The number of aromatic amines is 2. The van der Waals surface area contributed by atoms with Gasteiger partial charge in [0.2, 0.25) is 0 Å². The van der Waals surface area contributed by atoms with Gasteiger partial charge in [-0.1, -0.05) is 12.1 Å². The summed E-state index contributed by atoms with van der Waals surface area (Å²) < 4.78 is 10.6. The number of aryl methyl sites for hydroxylation is 1. The molecule has 0 saturated carbocycles. The van der Waals surface area contributed by atoms with E-state index >= 15 is 0 Å². The van der Waals surface area contributed by atoms with E-state index in [1.165, 1.54) is 6.21 Å². The molecule has 27 heavy (non-hydrogen) atoms. The van der Waals surface area contributed by atoms with Gasteiger partial charge in [-0.25, -0.2) is 14.6 Å². The molecule has 3 aromatic rings. The number of H-pyrrole nitrogens is 2. The number of aromatic nitrogens is 2. The summed E-state index contributed by atoms with van der Waals surface area (Å²) in [5.41, 5.74) is 0.548. The molecule has 0 unspecified atom stereocenters. The molecule has 2 N–H and O–H groups in total. The second kappa shape index (κ2) is 7.69. The van der Waals surface area contributed by atoms with E-state index in [4.69, 9.17) is 9.15 Å². The molecule has 0 spiro atoms. The zero-order valence-corrected chi connectivity index (χ0v) is 14.7. The summed E-state index contributed by atoms with van der Waals surface area (Å²) in [6.07, 6.45) is 1.40. The summed E-state index contributed by atoms with van der Waals surface area (Å²) in [6, 6.07) is 10.3. The third-order valence-electron chi connectivity index (χ3n) is 3.73. The lowest BCUT2D eigenvalue weighted by Gasteiger charge is -2.02. The standard InChI is InChI=1S/C19H17N3O5/c1-3-26-18(24)13-6-4-12(5-7-13)15-9-8-14(27-15)10-20-16-11(2)21-19(25)22-17(16)23/h4-10H,3H2,1-2H3,(H2,21,22,23,25). The zero-order chi connectivity index (χ0) is 19.4. The number of nitrogens with zero attached hydrogens (tertiary/aromatic N) is 1. The van der Waals surface area contributed by atoms with Crippen molar-refractivity contribution < 1.29 is 13.9 Å². The summed E-state index contributed by atoms with van der Waals surface area (Å²) in [6.45, 7) is 3.65. The van der Waals surface area contributed by atoms with Crippen LogP contribution < -0.4 is 11.2 Å². The van der Waals surface area contributed by atoms with E-state index in [1.54, 1.807) is 50.2 Å². The van der Waals surface area contributed by atoms with Gasteiger partial charge in [-0.15, -0.1) is 0 Å². The molecular weight excluding hydrogens is 350 g/mol. The van der Waals surface area contributed by atoms with Crippen LogP contribution in [0.4, 0.5) is 5.69 Å². The van der Waals surface area contributed by atoms with Crippen LogP contribution in [0.2, 0.25) is 0 Å². The molecule has 0 fully saturated rings. The van der Waals surface area contributed by atoms with Crippen molar-refractivity contribution in [1.82, 2.24) is 9.97 Å². The maximum atomic E-state index is 11.8. The van der Waals surface area contributed by atoms with Gasteiger partial charge in [0.25, 0.3) is 5.56 Å². The average Bonchev–Trinajstić information content (AvgIpc) is 3.10. The van der Waals surface area contributed by atoms with Gasteiger partial charge in [0.05, 0.1) is 18.4 Å². The molecule has 0 aliphatic rings. The maximum absolute atomic E-state index is 11.8. The summed E-state index contributed by atoms with van der Waals surface area (Å²) in [7, 11) is 0. The van der Waals surface area contributed by atoms with Crippen molar-refractivity contribution >= 4 is 17.9 Å². The molecular formula is C19H17N3O5. The third-order valence-corrected chi connectivity index (χ3v) is 3.73.